The molecule has 0 spiro atoms. The van der Waals surface area contributed by atoms with Gasteiger partial charge in [0, 0.05) is 6.20 Å². The van der Waals surface area contributed by atoms with E-state index in [0.717, 1.165) is 24.0 Å². The van der Waals surface area contributed by atoms with Crippen LogP contribution in [-0.4, -0.2) is 30.9 Å². The fourth-order valence-corrected chi connectivity index (χ4v) is 7.99. The molecular weight excluding hydrogens is 806 g/mol. The summed E-state index contributed by atoms with van der Waals surface area (Å²) in [6.45, 7) is 7.21. The molecule has 228 valence electrons. The van der Waals surface area contributed by atoms with Crippen molar-refractivity contribution in [3.05, 3.63) is 115 Å². The first-order valence-corrected chi connectivity index (χ1v) is 16.9. The summed E-state index contributed by atoms with van der Waals surface area (Å²) in [6.07, 6.45) is 3.33. The number of carbonyl (C=O) groups excluding carboxylic acids is 1. The SMILES string of the molecule is CCOc1ccc([C@H]2C(C(=O)OC)=CN=c3s/c(=C\c4cc(I)c(OCc5cccc(C)c5)c(I)c4)c(=O)n32)cc1OCC. The molecule has 0 fully saturated rings. The quantitative estimate of drug-likeness (QED) is 0.146. The number of ether oxygens (including phenoxy) is 4. The molecule has 11 heteroatoms. The molecular formula is C33H30I2N2O6S. The highest BCUT2D eigenvalue weighted by atomic mass is 127. The van der Waals surface area contributed by atoms with Crippen molar-refractivity contribution in [2.24, 2.45) is 4.99 Å². The molecule has 0 amide bonds. The van der Waals surface area contributed by atoms with Gasteiger partial charge < -0.3 is 18.9 Å². The van der Waals surface area contributed by atoms with Crippen LogP contribution in [-0.2, 0) is 16.1 Å². The first-order chi connectivity index (χ1) is 21.2. The van der Waals surface area contributed by atoms with E-state index < -0.39 is 12.0 Å². The highest BCUT2D eigenvalue weighted by molar-refractivity contribution is 14.1. The molecule has 4 aromatic rings. The molecule has 0 N–H and O–H groups in total. The summed E-state index contributed by atoms with van der Waals surface area (Å²) in [5.41, 5.74) is 3.81. The number of aryl methyl sites for hydroxylation is 1. The molecule has 0 saturated heterocycles. The van der Waals surface area contributed by atoms with Crippen LogP contribution in [0.4, 0.5) is 0 Å². The van der Waals surface area contributed by atoms with Crippen molar-refractivity contribution in [2.45, 2.75) is 33.4 Å². The minimum Gasteiger partial charge on any atom is -0.490 e. The lowest BCUT2D eigenvalue weighted by Crippen LogP contribution is -2.39. The fourth-order valence-electron chi connectivity index (χ4n) is 4.90. The Bertz CT molecular complexity index is 1910. The van der Waals surface area contributed by atoms with Crippen molar-refractivity contribution < 1.29 is 23.7 Å². The van der Waals surface area contributed by atoms with Crippen LogP contribution in [0.1, 0.15) is 42.1 Å². The number of rotatable bonds is 10. The van der Waals surface area contributed by atoms with E-state index in [9.17, 15) is 9.59 Å². The minimum absolute atomic E-state index is 0.247. The van der Waals surface area contributed by atoms with Gasteiger partial charge >= 0.3 is 5.97 Å². The standard InChI is InChI=1S/C33H30I2N2O6S/c1-5-41-26-11-10-22(16-27(26)42-6-2)29-23(32(39)40-4)17-36-33-37(29)31(38)28(44-33)15-21-13-24(34)30(25(35)14-21)43-18-20-9-7-8-19(3)12-20/h7-17,29H,5-6,18H2,1-4H3/b28-15-/t29-/m0/s1. The van der Waals surface area contributed by atoms with E-state index in [2.05, 4.69) is 69.2 Å². The number of halogens is 2. The molecule has 0 radical (unpaired) electrons. The van der Waals surface area contributed by atoms with Crippen LogP contribution in [0.25, 0.3) is 6.08 Å². The van der Waals surface area contributed by atoms with E-state index in [-0.39, 0.29) is 11.1 Å². The molecule has 0 saturated carbocycles. The van der Waals surface area contributed by atoms with Crippen molar-refractivity contribution in [3.63, 3.8) is 0 Å². The summed E-state index contributed by atoms with van der Waals surface area (Å²) in [4.78, 5) is 31.8. The number of methoxy groups -OCH3 is 1. The van der Waals surface area contributed by atoms with Gasteiger partial charge in [0.15, 0.2) is 16.3 Å². The third kappa shape index (κ3) is 6.89. The van der Waals surface area contributed by atoms with Crippen LogP contribution >= 0.6 is 56.5 Å². The van der Waals surface area contributed by atoms with Crippen LogP contribution in [0.2, 0.25) is 0 Å². The molecule has 3 aromatic carbocycles. The van der Waals surface area contributed by atoms with Gasteiger partial charge in [-0.3, -0.25) is 9.36 Å². The Balaban J connectivity index is 1.54. The van der Waals surface area contributed by atoms with Crippen molar-refractivity contribution in [1.29, 1.82) is 0 Å². The lowest BCUT2D eigenvalue weighted by Gasteiger charge is -2.23. The summed E-state index contributed by atoms with van der Waals surface area (Å²) in [7, 11) is 1.31. The predicted molar refractivity (Wildman–Crippen MR) is 187 cm³/mol. The monoisotopic (exact) mass is 836 g/mol. The topological polar surface area (TPSA) is 88.4 Å². The Kier molecular flexibility index (Phi) is 10.5. The Labute approximate surface area is 286 Å². The van der Waals surface area contributed by atoms with Crippen molar-refractivity contribution >= 4 is 68.6 Å². The van der Waals surface area contributed by atoms with Gasteiger partial charge in [-0.15, -0.1) is 0 Å². The third-order valence-electron chi connectivity index (χ3n) is 6.79. The number of thiazole rings is 1. The summed E-state index contributed by atoms with van der Waals surface area (Å²) < 4.78 is 26.7. The minimum atomic E-state index is -0.756. The van der Waals surface area contributed by atoms with Crippen LogP contribution in [0.15, 0.2) is 76.2 Å². The van der Waals surface area contributed by atoms with Crippen LogP contribution < -0.4 is 29.1 Å². The fraction of sp³-hybridized carbons (Fsp3) is 0.242. The molecule has 8 nitrogen and oxygen atoms in total. The van der Waals surface area contributed by atoms with Crippen LogP contribution in [0.3, 0.4) is 0 Å². The van der Waals surface area contributed by atoms with Crippen LogP contribution in [0, 0.1) is 14.1 Å². The average Bonchev–Trinajstić information content (AvgIpc) is 3.31. The number of nitrogens with zero attached hydrogens (tertiary/aromatic N) is 2. The Morgan fingerprint density at radius 3 is 2.41 bits per heavy atom. The maximum absolute atomic E-state index is 14.0. The molecule has 1 aromatic heterocycles. The lowest BCUT2D eigenvalue weighted by atomic mass is 9.97. The molecule has 0 unspecified atom stereocenters. The largest absolute Gasteiger partial charge is 0.490 e. The number of fused-ring (bicyclic) bond motifs is 1. The number of hydrogen-bond donors (Lipinski definition) is 0. The second-order valence-electron chi connectivity index (χ2n) is 9.84. The van der Waals surface area contributed by atoms with Gasteiger partial charge in [0.05, 0.1) is 43.6 Å². The molecule has 0 bridgehead atoms. The summed E-state index contributed by atoms with van der Waals surface area (Å²) in [5.74, 6) is 1.36. The van der Waals surface area contributed by atoms with E-state index >= 15 is 0 Å². The molecule has 44 heavy (non-hydrogen) atoms. The van der Waals surface area contributed by atoms with Crippen LogP contribution in [0.5, 0.6) is 17.2 Å². The van der Waals surface area contributed by atoms with E-state index in [1.165, 1.54) is 30.2 Å². The second kappa shape index (κ2) is 14.3. The van der Waals surface area contributed by atoms with E-state index in [1.54, 1.807) is 16.7 Å². The van der Waals surface area contributed by atoms with Gasteiger partial charge in [-0.25, -0.2) is 9.79 Å². The number of carbonyl (C=O) groups is 1. The number of hydrogen-bond acceptors (Lipinski definition) is 8. The zero-order valence-corrected chi connectivity index (χ0v) is 29.7. The van der Waals surface area contributed by atoms with Gasteiger partial charge in [-0.2, -0.15) is 0 Å². The second-order valence-corrected chi connectivity index (χ2v) is 13.2. The smallest absolute Gasteiger partial charge is 0.337 e. The molecule has 0 aliphatic carbocycles. The summed E-state index contributed by atoms with van der Waals surface area (Å²) >= 11 is 5.79. The Hall–Kier alpha value is -3.17. The van der Waals surface area contributed by atoms with Gasteiger partial charge in [0.2, 0.25) is 0 Å². The first kappa shape index (κ1) is 32.2. The van der Waals surface area contributed by atoms with Crippen molar-refractivity contribution in [3.8, 4) is 17.2 Å². The van der Waals surface area contributed by atoms with Crippen molar-refractivity contribution in [2.75, 3.05) is 20.3 Å². The van der Waals surface area contributed by atoms with Crippen molar-refractivity contribution in [1.82, 2.24) is 4.57 Å². The van der Waals surface area contributed by atoms with Gasteiger partial charge in [0.1, 0.15) is 12.4 Å². The van der Waals surface area contributed by atoms with Gasteiger partial charge in [-0.1, -0.05) is 47.2 Å². The number of aromatic nitrogens is 1. The zero-order chi connectivity index (χ0) is 31.4. The number of esters is 1. The molecule has 5 rings (SSSR count). The van der Waals surface area contributed by atoms with Gasteiger partial charge in [-0.05, 0) is 113 Å². The first-order valence-electron chi connectivity index (χ1n) is 13.9. The third-order valence-corrected chi connectivity index (χ3v) is 9.39. The van der Waals surface area contributed by atoms with E-state index in [0.29, 0.717) is 46.2 Å². The molecule has 1 aliphatic heterocycles. The molecule has 1 aliphatic rings. The lowest BCUT2D eigenvalue weighted by molar-refractivity contribution is -0.136. The summed E-state index contributed by atoms with van der Waals surface area (Å²) in [5, 5.41) is 0. The highest BCUT2D eigenvalue weighted by Crippen LogP contribution is 2.35. The Morgan fingerprint density at radius 2 is 1.73 bits per heavy atom. The van der Waals surface area contributed by atoms with E-state index in [4.69, 9.17) is 18.9 Å². The maximum atomic E-state index is 14.0. The number of benzene rings is 3. The van der Waals surface area contributed by atoms with E-state index in [1.807, 2.05) is 50.3 Å². The summed E-state index contributed by atoms with van der Waals surface area (Å²) in [6, 6.07) is 16.9. The molecule has 1 atom stereocenters. The average molecular weight is 836 g/mol. The Morgan fingerprint density at radius 1 is 1.00 bits per heavy atom. The predicted octanol–water partition coefficient (Wildman–Crippen LogP) is 5.91. The zero-order valence-electron chi connectivity index (χ0n) is 24.6. The van der Waals surface area contributed by atoms with Gasteiger partial charge in [0.25, 0.3) is 5.56 Å². The normalized spacial score (nSPS) is 14.4. The highest BCUT2D eigenvalue weighted by Gasteiger charge is 2.31. The maximum Gasteiger partial charge on any atom is 0.337 e. The molecule has 2 heterocycles.